The lowest BCUT2D eigenvalue weighted by Gasteiger charge is -2.11. The zero-order chi connectivity index (χ0) is 34.4. The molecule has 0 fully saturated rings. The van der Waals surface area contributed by atoms with Gasteiger partial charge < -0.3 is 4.57 Å². The number of hydrogen-bond acceptors (Lipinski definition) is 1. The van der Waals surface area contributed by atoms with E-state index >= 15 is 0 Å². The molecule has 0 N–H and O–H groups in total. The van der Waals surface area contributed by atoms with E-state index in [0.717, 1.165) is 45.0 Å². The minimum atomic E-state index is 0.924. The van der Waals surface area contributed by atoms with E-state index < -0.39 is 0 Å². The lowest BCUT2D eigenvalue weighted by molar-refractivity contribution is 1.18. The van der Waals surface area contributed by atoms with Crippen LogP contribution in [0, 0.1) is 0 Å². The minimum Gasteiger partial charge on any atom is -0.309 e. The zero-order valence-corrected chi connectivity index (χ0v) is 28.4. The van der Waals surface area contributed by atoms with Crippen molar-refractivity contribution in [2.75, 3.05) is 0 Å². The molecule has 10 aromatic rings. The highest BCUT2D eigenvalue weighted by atomic mass is 15.0. The van der Waals surface area contributed by atoms with Crippen molar-refractivity contribution in [3.63, 3.8) is 0 Å². The maximum Gasteiger partial charge on any atom is 0.137 e. The molecule has 3 aromatic heterocycles. The van der Waals surface area contributed by atoms with Crippen LogP contribution in [0.15, 0.2) is 200 Å². The summed E-state index contributed by atoms with van der Waals surface area (Å²) in [5.74, 6) is 0. The maximum absolute atomic E-state index is 5.11. The maximum atomic E-state index is 5.11. The van der Waals surface area contributed by atoms with Crippen LogP contribution in [0.25, 0.3) is 89.0 Å². The van der Waals surface area contributed by atoms with Crippen molar-refractivity contribution >= 4 is 27.5 Å². The molecule has 0 atom stereocenters. The summed E-state index contributed by atoms with van der Waals surface area (Å²) in [6.45, 7) is 0. The number of fused-ring (bicyclic) bond motifs is 4. The van der Waals surface area contributed by atoms with Gasteiger partial charge in [-0.05, 0) is 81.9 Å². The lowest BCUT2D eigenvalue weighted by atomic mass is 10.0. The molecule has 0 saturated carbocycles. The van der Waals surface area contributed by atoms with Gasteiger partial charge in [0.05, 0.1) is 22.4 Å². The molecule has 52 heavy (non-hydrogen) atoms. The highest BCUT2D eigenvalue weighted by Crippen LogP contribution is 2.38. The van der Waals surface area contributed by atoms with Gasteiger partial charge in [0.1, 0.15) is 5.65 Å². The van der Waals surface area contributed by atoms with Crippen LogP contribution >= 0.6 is 0 Å². The highest BCUT2D eigenvalue weighted by molar-refractivity contribution is 6.11. The highest BCUT2D eigenvalue weighted by Gasteiger charge is 2.18. The second-order valence-corrected chi connectivity index (χ2v) is 13.3. The predicted octanol–water partition coefficient (Wildman–Crippen LogP) is 12.8. The Labute approximate surface area is 302 Å². The molecule has 3 nitrogen and oxygen atoms in total. The number of pyridine rings is 1. The van der Waals surface area contributed by atoms with E-state index in [1.54, 1.807) is 0 Å². The molecule has 0 aliphatic heterocycles. The molecule has 0 aliphatic carbocycles. The van der Waals surface area contributed by atoms with Gasteiger partial charge in [0, 0.05) is 33.8 Å². The molecule has 0 radical (unpaired) electrons. The van der Waals surface area contributed by atoms with Gasteiger partial charge in [-0.1, -0.05) is 146 Å². The third kappa shape index (κ3) is 5.10. The van der Waals surface area contributed by atoms with Crippen LogP contribution in [0.5, 0.6) is 0 Å². The number of hydrogen-bond donors (Lipinski definition) is 0. The summed E-state index contributed by atoms with van der Waals surface area (Å²) >= 11 is 0. The fourth-order valence-corrected chi connectivity index (χ4v) is 7.61. The Bertz CT molecular complexity index is 2750. The first kappa shape index (κ1) is 29.9. The van der Waals surface area contributed by atoms with E-state index in [2.05, 4.69) is 203 Å². The number of benzene rings is 7. The molecule has 3 heterocycles. The summed E-state index contributed by atoms with van der Waals surface area (Å²) in [5, 5.41) is 2.48. The Morgan fingerprint density at radius 2 is 0.788 bits per heavy atom. The van der Waals surface area contributed by atoms with Crippen LogP contribution in [-0.4, -0.2) is 14.0 Å². The van der Waals surface area contributed by atoms with E-state index in [-0.39, 0.29) is 0 Å². The van der Waals surface area contributed by atoms with Crippen LogP contribution in [0.1, 0.15) is 0 Å². The first-order valence-electron chi connectivity index (χ1n) is 17.7. The van der Waals surface area contributed by atoms with Crippen molar-refractivity contribution in [1.29, 1.82) is 0 Å². The van der Waals surface area contributed by atoms with Gasteiger partial charge in [-0.2, -0.15) is 0 Å². The summed E-state index contributed by atoms with van der Waals surface area (Å²) in [6, 6.07) is 69.3. The smallest absolute Gasteiger partial charge is 0.137 e. The number of imidazole rings is 1. The van der Waals surface area contributed by atoms with Gasteiger partial charge in [0.25, 0.3) is 0 Å². The Hall–Kier alpha value is -6.97. The van der Waals surface area contributed by atoms with Crippen molar-refractivity contribution in [3.8, 4) is 61.6 Å². The van der Waals surface area contributed by atoms with E-state index in [4.69, 9.17) is 4.98 Å². The first-order valence-corrected chi connectivity index (χ1v) is 17.7. The second kappa shape index (κ2) is 12.4. The molecule has 0 bridgehead atoms. The standard InChI is InChI=1S/C49H33N3/c1-5-13-34(14-6-1)39-23-28-45-43(31-39)44-32-40(35-15-7-2-8-16-35)24-29-46(44)52(45)42-26-21-36(22-27-42)41-25-30-47-50-48(37-17-9-3-10-18-37)49(51(47)33-41)38-19-11-4-12-20-38/h1-33H. The van der Waals surface area contributed by atoms with Gasteiger partial charge in [-0.25, -0.2) is 4.98 Å². The third-order valence-corrected chi connectivity index (χ3v) is 10.2. The monoisotopic (exact) mass is 663 g/mol. The number of rotatable bonds is 6. The summed E-state index contributed by atoms with van der Waals surface area (Å²) in [6.07, 6.45) is 2.22. The lowest BCUT2D eigenvalue weighted by Crippen LogP contribution is -1.94. The van der Waals surface area contributed by atoms with Crippen molar-refractivity contribution in [2.24, 2.45) is 0 Å². The summed E-state index contributed by atoms with van der Waals surface area (Å²) < 4.78 is 4.64. The molecule has 0 aliphatic rings. The van der Waals surface area contributed by atoms with Crippen LogP contribution in [0.2, 0.25) is 0 Å². The zero-order valence-electron chi connectivity index (χ0n) is 28.4. The van der Waals surface area contributed by atoms with Gasteiger partial charge in [0.15, 0.2) is 0 Å². The van der Waals surface area contributed by atoms with Crippen LogP contribution < -0.4 is 0 Å². The van der Waals surface area contributed by atoms with Gasteiger partial charge in [0.2, 0.25) is 0 Å². The largest absolute Gasteiger partial charge is 0.309 e. The fourth-order valence-electron chi connectivity index (χ4n) is 7.61. The van der Waals surface area contributed by atoms with Crippen molar-refractivity contribution in [1.82, 2.24) is 14.0 Å². The van der Waals surface area contributed by atoms with Crippen molar-refractivity contribution in [2.45, 2.75) is 0 Å². The van der Waals surface area contributed by atoms with E-state index in [9.17, 15) is 0 Å². The SMILES string of the molecule is c1ccc(-c2ccc3c(c2)c2cc(-c4ccccc4)ccc2n3-c2ccc(-c3ccc4nc(-c5ccccc5)c(-c5ccccc5)n4c3)cc2)cc1. The molecule has 0 saturated heterocycles. The molecule has 244 valence electrons. The Morgan fingerprint density at radius 3 is 1.33 bits per heavy atom. The molecular weight excluding hydrogens is 631 g/mol. The van der Waals surface area contributed by atoms with E-state index in [1.807, 2.05) is 6.07 Å². The summed E-state index contributed by atoms with van der Waals surface area (Å²) in [5.41, 5.74) is 15.9. The fraction of sp³-hybridized carbons (Fsp3) is 0. The van der Waals surface area contributed by atoms with E-state index in [1.165, 1.54) is 44.1 Å². The van der Waals surface area contributed by atoms with Crippen molar-refractivity contribution in [3.05, 3.63) is 200 Å². The number of aromatic nitrogens is 3. The molecule has 3 heteroatoms. The number of nitrogens with zero attached hydrogens (tertiary/aromatic N) is 3. The van der Waals surface area contributed by atoms with Crippen molar-refractivity contribution < 1.29 is 0 Å². The predicted molar refractivity (Wildman–Crippen MR) is 217 cm³/mol. The average molecular weight is 664 g/mol. The van der Waals surface area contributed by atoms with Gasteiger partial charge in [-0.15, -0.1) is 0 Å². The van der Waals surface area contributed by atoms with Crippen LogP contribution in [0.4, 0.5) is 0 Å². The topological polar surface area (TPSA) is 22.2 Å². The van der Waals surface area contributed by atoms with Gasteiger partial charge in [-0.3, -0.25) is 4.40 Å². The average Bonchev–Trinajstić information content (AvgIpc) is 3.77. The Balaban J connectivity index is 1.10. The molecular formula is C49H33N3. The molecule has 10 rings (SSSR count). The normalized spacial score (nSPS) is 11.5. The van der Waals surface area contributed by atoms with E-state index in [0.29, 0.717) is 0 Å². The first-order chi connectivity index (χ1) is 25.8. The van der Waals surface area contributed by atoms with Crippen LogP contribution in [0.3, 0.4) is 0 Å². The minimum absolute atomic E-state index is 0.924. The summed E-state index contributed by atoms with van der Waals surface area (Å²) in [7, 11) is 0. The van der Waals surface area contributed by atoms with Crippen LogP contribution in [-0.2, 0) is 0 Å². The Morgan fingerprint density at radius 1 is 0.346 bits per heavy atom. The third-order valence-electron chi connectivity index (χ3n) is 10.2. The summed E-state index contributed by atoms with van der Waals surface area (Å²) in [4.78, 5) is 5.11. The molecule has 0 amide bonds. The molecule has 7 aromatic carbocycles. The second-order valence-electron chi connectivity index (χ2n) is 13.3. The Kier molecular flexibility index (Phi) is 7.14. The molecule has 0 spiro atoms. The quantitative estimate of drug-likeness (QED) is 0.174. The van der Waals surface area contributed by atoms with Gasteiger partial charge >= 0.3 is 0 Å². The molecule has 0 unspecified atom stereocenters.